The van der Waals surface area contributed by atoms with Gasteiger partial charge in [0.25, 0.3) is 0 Å². The maximum absolute atomic E-state index is 6.87. The number of aryl methyl sites for hydroxylation is 1. The van der Waals surface area contributed by atoms with Gasteiger partial charge in [-0.3, -0.25) is 5.41 Å². The summed E-state index contributed by atoms with van der Waals surface area (Å²) in [6.07, 6.45) is 1.64. The van der Waals surface area contributed by atoms with Gasteiger partial charge in [0.2, 0.25) is 5.96 Å². The molecule has 0 unspecified atom stereocenters. The van der Waals surface area contributed by atoms with Crippen LogP contribution in [0.1, 0.15) is 11.1 Å². The van der Waals surface area contributed by atoms with Gasteiger partial charge in [-0.1, -0.05) is 24.3 Å². The normalized spacial score (nSPS) is 10.2. The highest BCUT2D eigenvalue weighted by Crippen LogP contribution is 2.02. The molecule has 0 spiro atoms. The Morgan fingerprint density at radius 2 is 2.23 bits per heavy atom. The molecule has 4 N–H and O–H groups in total. The van der Waals surface area contributed by atoms with Gasteiger partial charge in [0.05, 0.1) is 6.21 Å². The molecule has 0 amide bonds. The monoisotopic (exact) mass is 176 g/mol. The third kappa shape index (κ3) is 2.94. The van der Waals surface area contributed by atoms with Crippen LogP contribution >= 0.6 is 0 Å². The predicted octanol–water partition coefficient (Wildman–Crippen LogP) is 0.812. The molecule has 13 heavy (non-hydrogen) atoms. The summed E-state index contributed by atoms with van der Waals surface area (Å²) >= 11 is 0. The number of benzene rings is 1. The van der Waals surface area contributed by atoms with Crippen LogP contribution in [0.25, 0.3) is 0 Å². The lowest BCUT2D eigenvalue weighted by Crippen LogP contribution is -2.25. The van der Waals surface area contributed by atoms with Crippen LogP contribution < -0.4 is 11.2 Å². The van der Waals surface area contributed by atoms with Crippen molar-refractivity contribution in [2.24, 2.45) is 10.8 Å². The predicted molar refractivity (Wildman–Crippen MR) is 53.8 cm³/mol. The lowest BCUT2D eigenvalue weighted by Gasteiger charge is -1.98. The summed E-state index contributed by atoms with van der Waals surface area (Å²) in [4.78, 5) is 0. The highest BCUT2D eigenvalue weighted by atomic mass is 15.3. The topological polar surface area (TPSA) is 74.3 Å². The molecule has 0 aliphatic rings. The Morgan fingerprint density at radius 1 is 1.54 bits per heavy atom. The second-order valence-corrected chi connectivity index (χ2v) is 2.64. The fraction of sp³-hybridized carbons (Fsp3) is 0.111. The zero-order valence-corrected chi connectivity index (χ0v) is 7.41. The number of guanidine groups is 1. The van der Waals surface area contributed by atoms with Crippen molar-refractivity contribution in [3.8, 4) is 0 Å². The number of hydrogen-bond acceptors (Lipinski definition) is 2. The first-order chi connectivity index (χ1) is 6.20. The molecule has 0 aliphatic carbocycles. The maximum atomic E-state index is 6.87. The zero-order chi connectivity index (χ0) is 9.68. The van der Waals surface area contributed by atoms with E-state index in [0.717, 1.165) is 11.1 Å². The van der Waals surface area contributed by atoms with Crippen molar-refractivity contribution in [1.82, 2.24) is 5.43 Å². The van der Waals surface area contributed by atoms with Gasteiger partial charge in [0.1, 0.15) is 0 Å². The standard InChI is InChI=1S/C9H12N4/c1-7-4-2-3-5-8(7)6-12-13-9(10)11/h2-6H,1H3,(H4,10,11,13)/b12-6+. The molecule has 4 heteroatoms. The summed E-state index contributed by atoms with van der Waals surface area (Å²) in [5, 5.41) is 10.6. The maximum Gasteiger partial charge on any atom is 0.206 e. The van der Waals surface area contributed by atoms with Crippen LogP contribution in [0.4, 0.5) is 0 Å². The van der Waals surface area contributed by atoms with E-state index in [-0.39, 0.29) is 5.96 Å². The minimum atomic E-state index is -0.162. The van der Waals surface area contributed by atoms with Crippen molar-refractivity contribution >= 4 is 12.2 Å². The van der Waals surface area contributed by atoms with Crippen molar-refractivity contribution in [2.45, 2.75) is 6.92 Å². The van der Waals surface area contributed by atoms with E-state index >= 15 is 0 Å². The van der Waals surface area contributed by atoms with E-state index in [2.05, 4.69) is 10.5 Å². The molecule has 0 aromatic heterocycles. The van der Waals surface area contributed by atoms with E-state index in [1.165, 1.54) is 0 Å². The summed E-state index contributed by atoms with van der Waals surface area (Å²) in [6, 6.07) is 7.84. The smallest absolute Gasteiger partial charge is 0.206 e. The first-order valence-corrected chi connectivity index (χ1v) is 3.89. The van der Waals surface area contributed by atoms with E-state index in [9.17, 15) is 0 Å². The highest BCUT2D eigenvalue weighted by Gasteiger charge is 1.90. The van der Waals surface area contributed by atoms with Crippen LogP contribution in [0.3, 0.4) is 0 Å². The fourth-order valence-corrected chi connectivity index (χ4v) is 0.903. The second kappa shape index (κ2) is 4.25. The molecule has 0 aliphatic heterocycles. The Hall–Kier alpha value is -1.84. The fourth-order valence-electron chi connectivity index (χ4n) is 0.903. The molecule has 1 aromatic carbocycles. The van der Waals surface area contributed by atoms with Crippen molar-refractivity contribution in [3.63, 3.8) is 0 Å². The molecule has 68 valence electrons. The summed E-state index contributed by atoms with van der Waals surface area (Å²) in [5.41, 5.74) is 9.55. The Labute approximate surface area is 77.0 Å². The van der Waals surface area contributed by atoms with E-state index in [4.69, 9.17) is 11.1 Å². The van der Waals surface area contributed by atoms with Crippen LogP contribution in [0, 0.1) is 12.3 Å². The van der Waals surface area contributed by atoms with Crippen LogP contribution in [0.2, 0.25) is 0 Å². The van der Waals surface area contributed by atoms with Gasteiger partial charge in [0, 0.05) is 0 Å². The lowest BCUT2D eigenvalue weighted by atomic mass is 10.1. The van der Waals surface area contributed by atoms with Crippen LogP contribution in [0.5, 0.6) is 0 Å². The van der Waals surface area contributed by atoms with Crippen molar-refractivity contribution in [1.29, 1.82) is 5.41 Å². The number of hydrogen-bond donors (Lipinski definition) is 3. The van der Waals surface area contributed by atoms with Crippen LogP contribution in [0.15, 0.2) is 29.4 Å². The molecule has 1 rings (SSSR count). The number of nitrogens with two attached hydrogens (primary N) is 1. The molecule has 0 atom stereocenters. The van der Waals surface area contributed by atoms with E-state index in [1.807, 2.05) is 31.2 Å². The first-order valence-electron chi connectivity index (χ1n) is 3.89. The van der Waals surface area contributed by atoms with Gasteiger partial charge in [-0.2, -0.15) is 5.10 Å². The molecule has 0 saturated heterocycles. The molecular weight excluding hydrogens is 164 g/mol. The summed E-state index contributed by atoms with van der Waals surface area (Å²) in [7, 11) is 0. The number of rotatable bonds is 2. The minimum absolute atomic E-state index is 0.162. The van der Waals surface area contributed by atoms with Crippen LogP contribution in [-0.4, -0.2) is 12.2 Å². The Kier molecular flexibility index (Phi) is 3.03. The van der Waals surface area contributed by atoms with Crippen molar-refractivity contribution < 1.29 is 0 Å². The average molecular weight is 176 g/mol. The quantitative estimate of drug-likeness (QED) is 0.354. The largest absolute Gasteiger partial charge is 0.369 e. The van der Waals surface area contributed by atoms with Gasteiger partial charge >= 0.3 is 0 Å². The third-order valence-corrected chi connectivity index (χ3v) is 1.58. The Bertz CT molecular complexity index is 330. The molecule has 0 heterocycles. The van der Waals surface area contributed by atoms with Crippen molar-refractivity contribution in [2.75, 3.05) is 0 Å². The van der Waals surface area contributed by atoms with Gasteiger partial charge < -0.3 is 5.73 Å². The SMILES string of the molecule is Cc1ccccc1/C=N/NC(=N)N. The molecule has 0 fully saturated rings. The summed E-state index contributed by atoms with van der Waals surface area (Å²) in [5.74, 6) is -0.162. The summed E-state index contributed by atoms with van der Waals surface area (Å²) in [6.45, 7) is 2.00. The average Bonchev–Trinajstić information content (AvgIpc) is 2.08. The molecule has 4 nitrogen and oxygen atoms in total. The van der Waals surface area contributed by atoms with E-state index in [0.29, 0.717) is 0 Å². The Morgan fingerprint density at radius 3 is 2.85 bits per heavy atom. The number of nitrogens with one attached hydrogen (secondary N) is 2. The Balaban J connectivity index is 2.68. The lowest BCUT2D eigenvalue weighted by molar-refractivity contribution is 1.00. The minimum Gasteiger partial charge on any atom is -0.369 e. The van der Waals surface area contributed by atoms with E-state index < -0.39 is 0 Å². The molecular formula is C9H12N4. The second-order valence-electron chi connectivity index (χ2n) is 2.64. The highest BCUT2D eigenvalue weighted by molar-refractivity contribution is 5.83. The third-order valence-electron chi connectivity index (χ3n) is 1.58. The van der Waals surface area contributed by atoms with Gasteiger partial charge in [-0.05, 0) is 18.1 Å². The van der Waals surface area contributed by atoms with E-state index in [1.54, 1.807) is 6.21 Å². The molecule has 0 saturated carbocycles. The van der Waals surface area contributed by atoms with Gasteiger partial charge in [0.15, 0.2) is 0 Å². The van der Waals surface area contributed by atoms with Gasteiger partial charge in [-0.15, -0.1) is 0 Å². The molecule has 0 radical (unpaired) electrons. The zero-order valence-electron chi connectivity index (χ0n) is 7.41. The number of nitrogens with zero attached hydrogens (tertiary/aromatic N) is 1. The van der Waals surface area contributed by atoms with Crippen molar-refractivity contribution in [3.05, 3.63) is 35.4 Å². The summed E-state index contributed by atoms with van der Waals surface area (Å²) < 4.78 is 0. The first kappa shape index (κ1) is 9.25. The number of hydrazone groups is 1. The van der Waals surface area contributed by atoms with Gasteiger partial charge in [-0.25, -0.2) is 5.43 Å². The van der Waals surface area contributed by atoms with Crippen LogP contribution in [-0.2, 0) is 0 Å². The molecule has 0 bridgehead atoms. The molecule has 1 aromatic rings.